The van der Waals surface area contributed by atoms with Crippen LogP contribution in [0.4, 0.5) is 13.2 Å². The molecule has 0 aliphatic heterocycles. The minimum Gasteiger partial charge on any atom is -0.290 e. The number of imidazole rings is 1. The summed E-state index contributed by atoms with van der Waals surface area (Å²) in [5.41, 5.74) is 1.81. The number of halogens is 3. The zero-order valence-electron chi connectivity index (χ0n) is 12.2. The highest BCUT2D eigenvalue weighted by atomic mass is 19.4. The highest BCUT2D eigenvalue weighted by Crippen LogP contribution is 2.31. The van der Waals surface area contributed by atoms with Crippen LogP contribution < -0.4 is 0 Å². The number of rotatable bonds is 2. The van der Waals surface area contributed by atoms with Gasteiger partial charge in [0.2, 0.25) is 0 Å². The molecule has 6 heteroatoms. The number of fused-ring (bicyclic) bond motifs is 1. The van der Waals surface area contributed by atoms with E-state index in [4.69, 9.17) is 0 Å². The van der Waals surface area contributed by atoms with Crippen LogP contribution >= 0.6 is 0 Å². The van der Waals surface area contributed by atoms with Gasteiger partial charge in [-0.2, -0.15) is 18.4 Å². The summed E-state index contributed by atoms with van der Waals surface area (Å²) in [6.07, 6.45) is -2.68. The highest BCUT2D eigenvalue weighted by molar-refractivity contribution is 5.69. The largest absolute Gasteiger partial charge is 0.417 e. The number of pyridine rings is 1. The molecular weight excluding hydrogens is 303 g/mol. The Morgan fingerprint density at radius 1 is 1.13 bits per heavy atom. The first-order valence-electron chi connectivity index (χ1n) is 7.02. The predicted molar refractivity (Wildman–Crippen MR) is 79.7 cm³/mol. The SMILES string of the molecule is CCc1ccc(-c2nc3ccc(C(F)(F)F)cn3c2C#N)cc1. The fourth-order valence-corrected chi connectivity index (χ4v) is 2.42. The van der Waals surface area contributed by atoms with E-state index in [9.17, 15) is 18.4 Å². The van der Waals surface area contributed by atoms with Crippen LogP contribution in [0.2, 0.25) is 0 Å². The van der Waals surface area contributed by atoms with Crippen molar-refractivity contribution in [1.29, 1.82) is 5.26 Å². The Hall–Kier alpha value is -2.81. The molecule has 3 aromatic rings. The first kappa shape index (κ1) is 15.1. The van der Waals surface area contributed by atoms with Crippen LogP contribution in [-0.4, -0.2) is 9.38 Å². The second-order valence-corrected chi connectivity index (χ2v) is 5.12. The number of aromatic nitrogens is 2. The van der Waals surface area contributed by atoms with Crippen molar-refractivity contribution in [2.45, 2.75) is 19.5 Å². The molecule has 0 saturated carbocycles. The third-order valence-corrected chi connectivity index (χ3v) is 3.69. The molecule has 0 radical (unpaired) electrons. The molecule has 0 N–H and O–H groups in total. The fraction of sp³-hybridized carbons (Fsp3) is 0.176. The summed E-state index contributed by atoms with van der Waals surface area (Å²) in [4.78, 5) is 4.31. The van der Waals surface area contributed by atoms with Crippen LogP contribution in [0.3, 0.4) is 0 Å². The first-order chi connectivity index (χ1) is 10.9. The Morgan fingerprint density at radius 3 is 2.39 bits per heavy atom. The number of hydrogen-bond donors (Lipinski definition) is 0. The average Bonchev–Trinajstić information content (AvgIpc) is 2.91. The van der Waals surface area contributed by atoms with E-state index in [1.54, 1.807) is 0 Å². The van der Waals surface area contributed by atoms with Crippen LogP contribution in [0.15, 0.2) is 42.6 Å². The zero-order valence-corrected chi connectivity index (χ0v) is 12.2. The molecule has 3 nitrogen and oxygen atoms in total. The Labute approximate surface area is 130 Å². The second kappa shape index (κ2) is 5.43. The molecule has 0 fully saturated rings. The first-order valence-corrected chi connectivity index (χ1v) is 7.02. The number of nitrogens with zero attached hydrogens (tertiary/aromatic N) is 3. The maximum absolute atomic E-state index is 12.8. The van der Waals surface area contributed by atoms with Crippen molar-refractivity contribution in [3.63, 3.8) is 0 Å². The van der Waals surface area contributed by atoms with E-state index in [0.717, 1.165) is 24.2 Å². The fourth-order valence-electron chi connectivity index (χ4n) is 2.42. The lowest BCUT2D eigenvalue weighted by Crippen LogP contribution is -2.06. The monoisotopic (exact) mass is 315 g/mol. The molecule has 1 aromatic carbocycles. The van der Waals surface area contributed by atoms with Gasteiger partial charge in [0.25, 0.3) is 0 Å². The third kappa shape index (κ3) is 2.66. The zero-order chi connectivity index (χ0) is 16.6. The lowest BCUT2D eigenvalue weighted by atomic mass is 10.1. The van der Waals surface area contributed by atoms with Gasteiger partial charge in [-0.3, -0.25) is 4.40 Å². The summed E-state index contributed by atoms with van der Waals surface area (Å²) in [6, 6.07) is 11.7. The number of nitriles is 1. The quantitative estimate of drug-likeness (QED) is 0.701. The molecule has 3 rings (SSSR count). The normalized spacial score (nSPS) is 11.6. The Morgan fingerprint density at radius 2 is 1.83 bits per heavy atom. The average molecular weight is 315 g/mol. The van der Waals surface area contributed by atoms with E-state index in [1.807, 2.05) is 37.3 Å². The van der Waals surface area contributed by atoms with Gasteiger partial charge in [-0.05, 0) is 24.1 Å². The van der Waals surface area contributed by atoms with Gasteiger partial charge in [0.05, 0.1) is 5.56 Å². The number of aryl methyl sites for hydroxylation is 1. The van der Waals surface area contributed by atoms with Crippen LogP contribution in [-0.2, 0) is 12.6 Å². The van der Waals surface area contributed by atoms with E-state index in [-0.39, 0.29) is 5.69 Å². The maximum Gasteiger partial charge on any atom is 0.417 e. The van der Waals surface area contributed by atoms with E-state index in [0.29, 0.717) is 16.9 Å². The predicted octanol–water partition coefficient (Wildman–Crippen LogP) is 4.45. The van der Waals surface area contributed by atoms with Crippen molar-refractivity contribution >= 4 is 5.65 Å². The third-order valence-electron chi connectivity index (χ3n) is 3.69. The molecule has 116 valence electrons. The van der Waals surface area contributed by atoms with Crippen molar-refractivity contribution in [3.8, 4) is 17.3 Å². The minimum atomic E-state index is -4.46. The van der Waals surface area contributed by atoms with Crippen LogP contribution in [0.25, 0.3) is 16.9 Å². The minimum absolute atomic E-state index is 0.0929. The van der Waals surface area contributed by atoms with Gasteiger partial charge in [-0.1, -0.05) is 31.2 Å². The summed E-state index contributed by atoms with van der Waals surface area (Å²) in [5.74, 6) is 0. The Bertz CT molecular complexity index is 900. The van der Waals surface area contributed by atoms with E-state index in [2.05, 4.69) is 4.98 Å². The Kier molecular flexibility index (Phi) is 3.57. The smallest absolute Gasteiger partial charge is 0.290 e. The van der Waals surface area contributed by atoms with E-state index >= 15 is 0 Å². The van der Waals surface area contributed by atoms with Crippen LogP contribution in [0, 0.1) is 11.3 Å². The maximum atomic E-state index is 12.8. The van der Waals surface area contributed by atoms with Gasteiger partial charge >= 0.3 is 6.18 Å². The molecule has 0 bridgehead atoms. The standard InChI is InChI=1S/C17H12F3N3/c1-2-11-3-5-12(6-4-11)16-14(9-21)23-10-13(17(18,19)20)7-8-15(23)22-16/h3-8,10H,2H2,1H3. The molecule has 2 aromatic heterocycles. The lowest BCUT2D eigenvalue weighted by Gasteiger charge is -2.06. The molecule has 0 aliphatic carbocycles. The van der Waals surface area contributed by atoms with Crippen molar-refractivity contribution in [2.75, 3.05) is 0 Å². The highest BCUT2D eigenvalue weighted by Gasteiger charge is 2.31. The molecule has 0 atom stereocenters. The van der Waals surface area contributed by atoms with Gasteiger partial charge in [0.15, 0.2) is 5.69 Å². The molecule has 0 amide bonds. The topological polar surface area (TPSA) is 41.1 Å². The second-order valence-electron chi connectivity index (χ2n) is 5.12. The van der Waals surface area contributed by atoms with Gasteiger partial charge < -0.3 is 0 Å². The number of hydrogen-bond acceptors (Lipinski definition) is 2. The van der Waals surface area contributed by atoms with Crippen molar-refractivity contribution in [2.24, 2.45) is 0 Å². The van der Waals surface area contributed by atoms with Gasteiger partial charge in [0, 0.05) is 11.8 Å². The van der Waals surface area contributed by atoms with Crippen molar-refractivity contribution < 1.29 is 13.2 Å². The van der Waals surface area contributed by atoms with Crippen molar-refractivity contribution in [3.05, 3.63) is 59.4 Å². The summed E-state index contributed by atoms with van der Waals surface area (Å²) >= 11 is 0. The molecule has 0 unspecified atom stereocenters. The molecule has 0 spiro atoms. The van der Waals surface area contributed by atoms with E-state index in [1.165, 1.54) is 10.5 Å². The summed E-state index contributed by atoms with van der Waals surface area (Å²) in [6.45, 7) is 2.03. The molecule has 0 saturated heterocycles. The van der Waals surface area contributed by atoms with Crippen LogP contribution in [0.1, 0.15) is 23.7 Å². The summed E-state index contributed by atoms with van der Waals surface area (Å²) < 4.78 is 39.7. The molecular formula is C17H12F3N3. The summed E-state index contributed by atoms with van der Waals surface area (Å²) in [5, 5.41) is 9.37. The van der Waals surface area contributed by atoms with Crippen molar-refractivity contribution in [1.82, 2.24) is 9.38 Å². The van der Waals surface area contributed by atoms with Gasteiger partial charge in [-0.15, -0.1) is 0 Å². The Balaban J connectivity index is 2.20. The molecule has 0 aliphatic rings. The molecule has 23 heavy (non-hydrogen) atoms. The van der Waals surface area contributed by atoms with Gasteiger partial charge in [-0.25, -0.2) is 4.98 Å². The molecule has 2 heterocycles. The van der Waals surface area contributed by atoms with E-state index < -0.39 is 11.7 Å². The number of benzene rings is 1. The summed E-state index contributed by atoms with van der Waals surface area (Å²) in [7, 11) is 0. The van der Waals surface area contributed by atoms with Gasteiger partial charge in [0.1, 0.15) is 17.4 Å². The lowest BCUT2D eigenvalue weighted by molar-refractivity contribution is -0.137. The number of alkyl halides is 3. The van der Waals surface area contributed by atoms with Crippen LogP contribution in [0.5, 0.6) is 0 Å².